The zero-order chi connectivity index (χ0) is 27.1. The van der Waals surface area contributed by atoms with Gasteiger partial charge in [-0.1, -0.05) is 0 Å². The molecule has 8 aliphatic rings. The van der Waals surface area contributed by atoms with Crippen LogP contribution in [-0.4, -0.2) is 64.6 Å². The second kappa shape index (κ2) is 8.59. The summed E-state index contributed by atoms with van der Waals surface area (Å²) in [5, 5.41) is 21.9. The molecule has 8 fully saturated rings. The van der Waals surface area contributed by atoms with E-state index in [-0.39, 0.29) is 23.7 Å². The normalized spacial score (nSPS) is 45.1. The first-order valence-corrected chi connectivity index (χ1v) is 14.1. The van der Waals surface area contributed by atoms with Crippen LogP contribution in [0.1, 0.15) is 84.0 Å². The summed E-state index contributed by atoms with van der Waals surface area (Å²) in [5.74, 6) is -5.61. The number of rotatable bonds is 8. The molecule has 8 bridgehead atoms. The fraction of sp³-hybridized carbons (Fsp3) is 0.893. The number of carbonyl (C=O) groups excluding carboxylic acids is 3. The van der Waals surface area contributed by atoms with Gasteiger partial charge in [-0.05, 0) is 101 Å². The molecule has 8 nitrogen and oxygen atoms in total. The average Bonchev–Trinajstić information content (AvgIpc) is 2.76. The summed E-state index contributed by atoms with van der Waals surface area (Å²) >= 11 is 0. The quantitative estimate of drug-likeness (QED) is 0.356. The molecular formula is C28H38F2O8. The smallest absolute Gasteiger partial charge is 0.377 e. The molecule has 0 amide bonds. The van der Waals surface area contributed by atoms with Crippen LogP contribution in [0, 0.1) is 34.5 Å². The van der Waals surface area contributed by atoms with Gasteiger partial charge in [0.05, 0.1) is 22.0 Å². The molecule has 8 rings (SSSR count). The Morgan fingerprint density at radius 3 is 1.45 bits per heavy atom. The second-order valence-electron chi connectivity index (χ2n) is 14.0. The molecule has 0 heterocycles. The van der Waals surface area contributed by atoms with Gasteiger partial charge in [0.2, 0.25) is 0 Å². The van der Waals surface area contributed by atoms with Crippen molar-refractivity contribution in [3.8, 4) is 0 Å². The first-order valence-electron chi connectivity index (χ1n) is 14.1. The Hall–Kier alpha value is -1.81. The predicted molar refractivity (Wildman–Crippen MR) is 127 cm³/mol. The Bertz CT molecular complexity index is 927. The number of hydrogen-bond acceptors (Lipinski definition) is 8. The van der Waals surface area contributed by atoms with Crippen LogP contribution < -0.4 is 0 Å². The molecule has 0 aromatic rings. The van der Waals surface area contributed by atoms with E-state index in [0.29, 0.717) is 71.1 Å². The molecule has 0 spiro atoms. The van der Waals surface area contributed by atoms with Crippen LogP contribution in [0.5, 0.6) is 0 Å². The number of hydrogen-bond donors (Lipinski definition) is 2. The molecule has 0 aliphatic heterocycles. The third kappa shape index (κ3) is 4.63. The Morgan fingerprint density at radius 2 is 1.13 bits per heavy atom. The van der Waals surface area contributed by atoms with Gasteiger partial charge in [0, 0.05) is 6.92 Å². The van der Waals surface area contributed by atoms with E-state index >= 15 is 0 Å². The molecule has 8 saturated carbocycles. The van der Waals surface area contributed by atoms with E-state index in [1.807, 2.05) is 0 Å². The van der Waals surface area contributed by atoms with Crippen molar-refractivity contribution in [3.63, 3.8) is 0 Å². The van der Waals surface area contributed by atoms with Crippen molar-refractivity contribution < 1.29 is 47.6 Å². The van der Waals surface area contributed by atoms with Gasteiger partial charge in [0.15, 0.2) is 6.10 Å². The van der Waals surface area contributed by atoms with Gasteiger partial charge in [0.1, 0.15) is 13.2 Å². The molecule has 10 heteroatoms. The molecular weight excluding hydrogens is 502 g/mol. The zero-order valence-electron chi connectivity index (χ0n) is 21.9. The fourth-order valence-corrected chi connectivity index (χ4v) is 9.92. The summed E-state index contributed by atoms with van der Waals surface area (Å²) in [6.07, 6.45) is 6.38. The Morgan fingerprint density at radius 1 is 0.763 bits per heavy atom. The van der Waals surface area contributed by atoms with Crippen LogP contribution in [0.25, 0.3) is 0 Å². The van der Waals surface area contributed by atoms with Gasteiger partial charge in [-0.3, -0.25) is 9.59 Å². The third-order valence-electron chi connectivity index (χ3n) is 10.4. The Labute approximate surface area is 220 Å². The predicted octanol–water partition coefficient (Wildman–Crippen LogP) is 3.30. The number of esters is 3. The second-order valence-corrected chi connectivity index (χ2v) is 14.0. The molecule has 8 aliphatic carbocycles. The van der Waals surface area contributed by atoms with Crippen molar-refractivity contribution in [3.05, 3.63) is 0 Å². The monoisotopic (exact) mass is 540 g/mol. The largest absolute Gasteiger partial charge is 0.461 e. The summed E-state index contributed by atoms with van der Waals surface area (Å²) in [5.41, 5.74) is -3.41. The highest BCUT2D eigenvalue weighted by molar-refractivity contribution is 5.79. The van der Waals surface area contributed by atoms with E-state index in [4.69, 9.17) is 14.2 Å². The summed E-state index contributed by atoms with van der Waals surface area (Å²) < 4.78 is 43.3. The first kappa shape index (κ1) is 26.4. The summed E-state index contributed by atoms with van der Waals surface area (Å²) in [4.78, 5) is 38.5. The lowest BCUT2D eigenvalue weighted by Crippen LogP contribution is -2.59. The minimum absolute atomic E-state index is 0.247. The summed E-state index contributed by atoms with van der Waals surface area (Å²) in [6.45, 7) is -0.631. The van der Waals surface area contributed by atoms with E-state index in [1.54, 1.807) is 0 Å². The van der Waals surface area contributed by atoms with Crippen molar-refractivity contribution in [2.45, 2.75) is 107 Å². The number of ether oxygens (including phenoxy) is 3. The van der Waals surface area contributed by atoms with Gasteiger partial charge in [-0.15, -0.1) is 0 Å². The molecule has 4 unspecified atom stereocenters. The number of halogens is 2. The lowest BCUT2D eigenvalue weighted by atomic mass is 9.48. The van der Waals surface area contributed by atoms with E-state index in [9.17, 15) is 33.4 Å². The van der Waals surface area contributed by atoms with E-state index in [1.165, 1.54) is 0 Å². The fourth-order valence-electron chi connectivity index (χ4n) is 9.92. The molecule has 0 aromatic carbocycles. The van der Waals surface area contributed by atoms with Crippen LogP contribution in [0.4, 0.5) is 8.78 Å². The molecule has 0 aromatic heterocycles. The topological polar surface area (TPSA) is 119 Å². The molecule has 212 valence electrons. The standard InChI is InChI=1S/C28H38F2O8/c1-24(29,30)21(31)38-20(12-36-22(32)25-4-16-2-17(5-25)9-27(34,8-16)14-25)13-37-23(33)26-6-18-3-19(7-26)11-28(35,10-18)15-26/h16-20,34-35H,2-15H2,1H3. The van der Waals surface area contributed by atoms with Crippen LogP contribution in [0.3, 0.4) is 0 Å². The van der Waals surface area contributed by atoms with Gasteiger partial charge < -0.3 is 24.4 Å². The van der Waals surface area contributed by atoms with Crippen LogP contribution in [-0.2, 0) is 28.6 Å². The van der Waals surface area contributed by atoms with Gasteiger partial charge in [-0.25, -0.2) is 4.79 Å². The van der Waals surface area contributed by atoms with Crippen LogP contribution in [0.2, 0.25) is 0 Å². The van der Waals surface area contributed by atoms with E-state index < -0.39 is 65.2 Å². The van der Waals surface area contributed by atoms with Crippen molar-refractivity contribution in [2.24, 2.45) is 34.5 Å². The highest BCUT2D eigenvalue weighted by Gasteiger charge is 2.62. The van der Waals surface area contributed by atoms with Crippen molar-refractivity contribution in [1.29, 1.82) is 0 Å². The zero-order valence-corrected chi connectivity index (χ0v) is 21.9. The summed E-state index contributed by atoms with van der Waals surface area (Å²) in [7, 11) is 0. The maximum absolute atomic E-state index is 13.6. The highest BCUT2D eigenvalue weighted by atomic mass is 19.3. The average molecular weight is 541 g/mol. The molecule has 2 N–H and O–H groups in total. The lowest BCUT2D eigenvalue weighted by Gasteiger charge is -2.58. The first-order chi connectivity index (χ1) is 17.7. The molecule has 0 saturated heterocycles. The van der Waals surface area contributed by atoms with E-state index in [2.05, 4.69) is 0 Å². The Balaban J connectivity index is 1.11. The molecule has 4 atom stereocenters. The number of alkyl halides is 2. The number of carbonyl (C=O) groups is 3. The van der Waals surface area contributed by atoms with Crippen molar-refractivity contribution >= 4 is 17.9 Å². The molecule has 38 heavy (non-hydrogen) atoms. The van der Waals surface area contributed by atoms with E-state index in [0.717, 1.165) is 12.8 Å². The Kier molecular flexibility index (Phi) is 5.97. The van der Waals surface area contributed by atoms with Gasteiger partial charge >= 0.3 is 23.8 Å². The van der Waals surface area contributed by atoms with Gasteiger partial charge in [0.25, 0.3) is 0 Å². The third-order valence-corrected chi connectivity index (χ3v) is 10.4. The maximum atomic E-state index is 13.6. The summed E-state index contributed by atoms with van der Waals surface area (Å²) in [6, 6.07) is 0. The highest BCUT2D eigenvalue weighted by Crippen LogP contribution is 2.63. The van der Waals surface area contributed by atoms with Gasteiger partial charge in [-0.2, -0.15) is 8.78 Å². The van der Waals surface area contributed by atoms with Crippen molar-refractivity contribution in [1.82, 2.24) is 0 Å². The SMILES string of the molecule is CC(F)(F)C(=O)OC(COC(=O)C12CC3CC(CC(O)(C3)C1)C2)COC(=O)C12CC3CC(CC(O)(C3)C1)C2. The minimum Gasteiger partial charge on any atom is -0.461 e. The molecule has 0 radical (unpaired) electrons. The lowest BCUT2D eigenvalue weighted by molar-refractivity contribution is -0.207. The van der Waals surface area contributed by atoms with Crippen LogP contribution >= 0.6 is 0 Å². The van der Waals surface area contributed by atoms with Crippen molar-refractivity contribution in [2.75, 3.05) is 13.2 Å². The maximum Gasteiger partial charge on any atom is 0.377 e. The number of aliphatic hydroxyl groups is 2. The van der Waals surface area contributed by atoms with Crippen LogP contribution in [0.15, 0.2) is 0 Å². The minimum atomic E-state index is -3.77.